The van der Waals surface area contributed by atoms with Crippen LogP contribution in [0.2, 0.25) is 0 Å². The van der Waals surface area contributed by atoms with Gasteiger partial charge in [0, 0.05) is 19.8 Å². The van der Waals surface area contributed by atoms with Gasteiger partial charge in [-0.3, -0.25) is 0 Å². The Bertz CT molecular complexity index is 490. The third-order valence-corrected chi connectivity index (χ3v) is 3.43. The molecule has 0 N–H and O–H groups in total. The van der Waals surface area contributed by atoms with Gasteiger partial charge in [0.2, 0.25) is 0 Å². The summed E-state index contributed by atoms with van der Waals surface area (Å²) < 4.78 is 0. The minimum absolute atomic E-state index is 1.26. The van der Waals surface area contributed by atoms with Crippen LogP contribution in [0.25, 0.3) is 0 Å². The van der Waals surface area contributed by atoms with Crippen molar-refractivity contribution in [3.05, 3.63) is 64.7 Å². The van der Waals surface area contributed by atoms with Gasteiger partial charge in [0.05, 0.1) is 0 Å². The average molecular weight is 316 g/mol. The fourth-order valence-electron chi connectivity index (χ4n) is 1.74. The van der Waals surface area contributed by atoms with Crippen molar-refractivity contribution in [1.29, 1.82) is 0 Å². The molecule has 2 aromatic rings. The molecule has 0 atom stereocenters. The lowest BCUT2D eigenvalue weighted by molar-refractivity contribution is 1.13. The van der Waals surface area contributed by atoms with Crippen molar-refractivity contribution in [2.75, 3.05) is 19.0 Å². The maximum Gasteiger partial charge on any atom is 0.0361 e. The predicted octanol–water partition coefficient (Wildman–Crippen LogP) is 6.73. The maximum absolute atomic E-state index is 2.16. The van der Waals surface area contributed by atoms with E-state index in [-0.39, 0.29) is 0 Å². The summed E-state index contributed by atoms with van der Waals surface area (Å²) in [6.45, 7) is 16.5. The Balaban J connectivity index is 0. The van der Waals surface area contributed by atoms with E-state index in [1.807, 2.05) is 41.8 Å². The SMILES string of the molecule is CC.CC.Cc1ccc(N(C)C)cc1.Cc1cccc(C)c1C. The Labute approximate surface area is 145 Å². The lowest BCUT2D eigenvalue weighted by Gasteiger charge is -2.11. The van der Waals surface area contributed by atoms with E-state index in [0.717, 1.165) is 0 Å². The monoisotopic (exact) mass is 315 g/mol. The van der Waals surface area contributed by atoms with Crippen molar-refractivity contribution in [3.63, 3.8) is 0 Å². The molecule has 23 heavy (non-hydrogen) atoms. The highest BCUT2D eigenvalue weighted by Crippen LogP contribution is 2.11. The number of hydrogen-bond acceptors (Lipinski definition) is 1. The van der Waals surface area contributed by atoms with E-state index in [1.54, 1.807) is 0 Å². The zero-order valence-electron chi connectivity index (χ0n) is 17.0. The number of anilines is 1. The first-order valence-electron chi connectivity index (χ1n) is 8.68. The Morgan fingerprint density at radius 3 is 1.30 bits per heavy atom. The first kappa shape index (κ1) is 23.5. The molecule has 0 amide bonds. The van der Waals surface area contributed by atoms with Crippen LogP contribution in [0.5, 0.6) is 0 Å². The highest BCUT2D eigenvalue weighted by molar-refractivity contribution is 5.45. The first-order chi connectivity index (χ1) is 10.9. The van der Waals surface area contributed by atoms with Crippen molar-refractivity contribution in [1.82, 2.24) is 0 Å². The van der Waals surface area contributed by atoms with Crippen LogP contribution in [0.15, 0.2) is 42.5 Å². The Kier molecular flexibility index (Phi) is 14.2. The van der Waals surface area contributed by atoms with Crippen molar-refractivity contribution in [3.8, 4) is 0 Å². The van der Waals surface area contributed by atoms with Crippen LogP contribution < -0.4 is 4.90 Å². The second-order valence-corrected chi connectivity index (χ2v) is 5.25. The molecule has 0 aliphatic heterocycles. The topological polar surface area (TPSA) is 3.24 Å². The van der Waals surface area contributed by atoms with Gasteiger partial charge >= 0.3 is 0 Å². The van der Waals surface area contributed by atoms with Crippen LogP contribution >= 0.6 is 0 Å². The van der Waals surface area contributed by atoms with Crippen LogP contribution in [0.4, 0.5) is 5.69 Å². The Hall–Kier alpha value is -1.76. The van der Waals surface area contributed by atoms with Gasteiger partial charge in [0.1, 0.15) is 0 Å². The molecule has 1 nitrogen and oxygen atoms in total. The minimum Gasteiger partial charge on any atom is -0.378 e. The molecule has 0 spiro atoms. The summed E-state index contributed by atoms with van der Waals surface area (Å²) in [6, 6.07) is 14.9. The van der Waals surface area contributed by atoms with E-state index >= 15 is 0 Å². The Morgan fingerprint density at radius 1 is 0.609 bits per heavy atom. The summed E-state index contributed by atoms with van der Waals surface area (Å²) in [5, 5.41) is 0. The Morgan fingerprint density at radius 2 is 1.00 bits per heavy atom. The molecule has 2 rings (SSSR count). The van der Waals surface area contributed by atoms with Gasteiger partial charge in [-0.25, -0.2) is 0 Å². The van der Waals surface area contributed by atoms with Crippen LogP contribution in [-0.4, -0.2) is 14.1 Å². The predicted molar refractivity (Wildman–Crippen MR) is 109 cm³/mol. The lowest BCUT2D eigenvalue weighted by Crippen LogP contribution is -2.07. The smallest absolute Gasteiger partial charge is 0.0361 e. The quantitative estimate of drug-likeness (QED) is 0.564. The number of benzene rings is 2. The highest BCUT2D eigenvalue weighted by Gasteiger charge is 1.92. The van der Waals surface area contributed by atoms with Crippen LogP contribution in [0, 0.1) is 27.7 Å². The minimum atomic E-state index is 1.26. The highest BCUT2D eigenvalue weighted by atomic mass is 15.1. The number of aryl methyl sites for hydroxylation is 3. The molecule has 0 saturated carbocycles. The molecule has 0 unspecified atom stereocenters. The zero-order chi connectivity index (χ0) is 18.4. The van der Waals surface area contributed by atoms with E-state index in [0.29, 0.717) is 0 Å². The van der Waals surface area contributed by atoms with Gasteiger partial charge in [0.15, 0.2) is 0 Å². The molecule has 2 aromatic carbocycles. The van der Waals surface area contributed by atoms with E-state index in [2.05, 4.69) is 75.1 Å². The van der Waals surface area contributed by atoms with E-state index < -0.39 is 0 Å². The number of hydrogen-bond donors (Lipinski definition) is 0. The summed E-state index contributed by atoms with van der Waals surface area (Å²) in [6.07, 6.45) is 0. The first-order valence-corrected chi connectivity index (χ1v) is 8.68. The zero-order valence-corrected chi connectivity index (χ0v) is 17.0. The van der Waals surface area contributed by atoms with Crippen molar-refractivity contribution in [2.45, 2.75) is 55.4 Å². The fourth-order valence-corrected chi connectivity index (χ4v) is 1.74. The molecular formula is C22H37N. The fraction of sp³-hybridized carbons (Fsp3) is 0.455. The molecule has 0 bridgehead atoms. The van der Waals surface area contributed by atoms with Gasteiger partial charge in [-0.15, -0.1) is 0 Å². The number of rotatable bonds is 1. The van der Waals surface area contributed by atoms with E-state index in [1.165, 1.54) is 27.9 Å². The molecule has 0 aromatic heterocycles. The molecule has 0 aliphatic rings. The third kappa shape index (κ3) is 9.78. The summed E-state index contributed by atoms with van der Waals surface area (Å²) in [5.41, 5.74) is 6.75. The third-order valence-electron chi connectivity index (χ3n) is 3.43. The van der Waals surface area contributed by atoms with Crippen molar-refractivity contribution >= 4 is 5.69 Å². The summed E-state index contributed by atoms with van der Waals surface area (Å²) in [7, 11) is 4.09. The van der Waals surface area contributed by atoms with E-state index in [9.17, 15) is 0 Å². The van der Waals surface area contributed by atoms with Crippen LogP contribution in [0.1, 0.15) is 49.9 Å². The summed E-state index contributed by atoms with van der Waals surface area (Å²) in [4.78, 5) is 2.10. The van der Waals surface area contributed by atoms with Crippen molar-refractivity contribution in [2.24, 2.45) is 0 Å². The normalized spacial score (nSPS) is 8.43. The lowest BCUT2D eigenvalue weighted by atomic mass is 10.1. The molecular weight excluding hydrogens is 278 g/mol. The standard InChI is InChI=1S/C9H13N.C9H12.2C2H6/c1-8-4-6-9(7-5-8)10(2)3;1-7-5-4-6-8(2)9(7)3;2*1-2/h4-7H,1-3H3;4-6H,1-3H3;2*1-2H3. The largest absolute Gasteiger partial charge is 0.378 e. The molecule has 0 radical (unpaired) electrons. The van der Waals surface area contributed by atoms with Crippen LogP contribution in [0.3, 0.4) is 0 Å². The summed E-state index contributed by atoms with van der Waals surface area (Å²) in [5.74, 6) is 0. The van der Waals surface area contributed by atoms with Gasteiger partial charge in [-0.2, -0.15) is 0 Å². The van der Waals surface area contributed by atoms with Crippen molar-refractivity contribution < 1.29 is 0 Å². The second kappa shape index (κ2) is 13.9. The van der Waals surface area contributed by atoms with Crippen LogP contribution in [-0.2, 0) is 0 Å². The van der Waals surface area contributed by atoms with Gasteiger partial charge < -0.3 is 4.90 Å². The maximum atomic E-state index is 2.16. The molecule has 0 heterocycles. The number of nitrogens with zero attached hydrogens (tertiary/aromatic N) is 1. The molecule has 0 saturated heterocycles. The van der Waals surface area contributed by atoms with Gasteiger partial charge in [-0.05, 0) is 56.5 Å². The molecule has 0 fully saturated rings. The second-order valence-electron chi connectivity index (χ2n) is 5.25. The van der Waals surface area contributed by atoms with Gasteiger partial charge in [-0.1, -0.05) is 63.6 Å². The average Bonchev–Trinajstić information content (AvgIpc) is 2.57. The summed E-state index contributed by atoms with van der Waals surface area (Å²) >= 11 is 0. The van der Waals surface area contributed by atoms with Gasteiger partial charge in [0.25, 0.3) is 0 Å². The molecule has 130 valence electrons. The molecule has 0 aliphatic carbocycles. The molecule has 1 heteroatoms. The van der Waals surface area contributed by atoms with E-state index in [4.69, 9.17) is 0 Å².